The summed E-state index contributed by atoms with van der Waals surface area (Å²) >= 11 is 0. The van der Waals surface area contributed by atoms with Crippen molar-refractivity contribution in [3.05, 3.63) is 41.7 Å². The van der Waals surface area contributed by atoms with E-state index in [-0.39, 0.29) is 5.82 Å². The van der Waals surface area contributed by atoms with E-state index in [0.29, 0.717) is 5.92 Å². The molecule has 0 bridgehead atoms. The molecule has 0 saturated carbocycles. The normalized spacial score (nSPS) is 18.4. The van der Waals surface area contributed by atoms with Gasteiger partial charge < -0.3 is 5.32 Å². The summed E-state index contributed by atoms with van der Waals surface area (Å²) in [6.45, 7) is 4.28. The Balaban J connectivity index is 2.25. The molecular weight excluding hydrogens is 213 g/mol. The topological polar surface area (TPSA) is 12.0 Å². The molecule has 92 valence electrons. The van der Waals surface area contributed by atoms with Crippen molar-refractivity contribution in [1.82, 2.24) is 5.32 Å². The largest absolute Gasteiger partial charge is 0.317 e. The van der Waals surface area contributed by atoms with Crippen LogP contribution in [0.2, 0.25) is 0 Å². The second-order valence-electron chi connectivity index (χ2n) is 4.60. The molecule has 0 radical (unpaired) electrons. The van der Waals surface area contributed by atoms with Crippen molar-refractivity contribution in [2.45, 2.75) is 26.2 Å². The first-order valence-corrected chi connectivity index (χ1v) is 6.48. The molecule has 0 atom stereocenters. The second kappa shape index (κ2) is 5.97. The molecule has 1 aromatic rings. The van der Waals surface area contributed by atoms with Gasteiger partial charge in [-0.05, 0) is 61.5 Å². The highest BCUT2D eigenvalue weighted by Gasteiger charge is 2.18. The SMILES string of the molecule is CC/C=C(\c1cccc(F)c1)C1CCNCC1. The molecule has 0 unspecified atom stereocenters. The minimum atomic E-state index is -0.140. The van der Waals surface area contributed by atoms with E-state index in [4.69, 9.17) is 0 Å². The molecule has 1 aromatic carbocycles. The number of hydrogen-bond acceptors (Lipinski definition) is 1. The second-order valence-corrected chi connectivity index (χ2v) is 4.60. The minimum absolute atomic E-state index is 0.140. The number of piperidine rings is 1. The van der Waals surface area contributed by atoms with Crippen LogP contribution in [0.5, 0.6) is 0 Å². The smallest absolute Gasteiger partial charge is 0.123 e. The van der Waals surface area contributed by atoms with Gasteiger partial charge in [0, 0.05) is 0 Å². The predicted octanol–water partition coefficient (Wildman–Crippen LogP) is 3.62. The summed E-state index contributed by atoms with van der Waals surface area (Å²) in [5, 5.41) is 3.37. The summed E-state index contributed by atoms with van der Waals surface area (Å²) in [5.74, 6) is 0.441. The van der Waals surface area contributed by atoms with E-state index in [1.807, 2.05) is 6.07 Å². The number of benzene rings is 1. The molecule has 1 aliphatic rings. The molecule has 0 amide bonds. The molecule has 1 aliphatic heterocycles. The Morgan fingerprint density at radius 1 is 1.41 bits per heavy atom. The average molecular weight is 233 g/mol. The maximum absolute atomic E-state index is 13.3. The Bertz CT molecular complexity index is 392. The van der Waals surface area contributed by atoms with E-state index < -0.39 is 0 Å². The molecule has 2 heteroatoms. The van der Waals surface area contributed by atoms with E-state index in [1.165, 1.54) is 11.6 Å². The number of nitrogens with one attached hydrogen (secondary N) is 1. The molecular formula is C15H20FN. The van der Waals surface area contributed by atoms with Gasteiger partial charge in [0.15, 0.2) is 0 Å². The molecule has 1 saturated heterocycles. The zero-order chi connectivity index (χ0) is 12.1. The third-order valence-corrected chi connectivity index (χ3v) is 3.36. The van der Waals surface area contributed by atoms with Crippen LogP contribution in [0.3, 0.4) is 0 Å². The fourth-order valence-corrected chi connectivity index (χ4v) is 2.54. The molecule has 1 nitrogen and oxygen atoms in total. The van der Waals surface area contributed by atoms with Crippen molar-refractivity contribution >= 4 is 5.57 Å². The Labute approximate surface area is 103 Å². The lowest BCUT2D eigenvalue weighted by atomic mass is 9.85. The average Bonchev–Trinajstić information content (AvgIpc) is 2.37. The van der Waals surface area contributed by atoms with E-state index >= 15 is 0 Å². The number of rotatable bonds is 3. The van der Waals surface area contributed by atoms with Gasteiger partial charge in [0.05, 0.1) is 0 Å². The van der Waals surface area contributed by atoms with Crippen LogP contribution in [-0.2, 0) is 0 Å². The van der Waals surface area contributed by atoms with Gasteiger partial charge in [0.2, 0.25) is 0 Å². The lowest BCUT2D eigenvalue weighted by Gasteiger charge is -2.25. The fraction of sp³-hybridized carbons (Fsp3) is 0.467. The summed E-state index contributed by atoms with van der Waals surface area (Å²) in [5.41, 5.74) is 2.38. The highest BCUT2D eigenvalue weighted by molar-refractivity contribution is 5.67. The molecule has 1 heterocycles. The van der Waals surface area contributed by atoms with Crippen LogP contribution in [0.25, 0.3) is 5.57 Å². The van der Waals surface area contributed by atoms with Crippen LogP contribution in [0.4, 0.5) is 4.39 Å². The zero-order valence-electron chi connectivity index (χ0n) is 10.4. The molecule has 1 fully saturated rings. The van der Waals surface area contributed by atoms with E-state index in [0.717, 1.165) is 37.9 Å². The molecule has 17 heavy (non-hydrogen) atoms. The zero-order valence-corrected chi connectivity index (χ0v) is 10.4. The van der Waals surface area contributed by atoms with Gasteiger partial charge in [0.25, 0.3) is 0 Å². The maximum atomic E-state index is 13.3. The van der Waals surface area contributed by atoms with Gasteiger partial charge >= 0.3 is 0 Å². The van der Waals surface area contributed by atoms with Crippen molar-refractivity contribution in [3.8, 4) is 0 Å². The molecule has 0 aromatic heterocycles. The van der Waals surface area contributed by atoms with Gasteiger partial charge in [-0.2, -0.15) is 0 Å². The standard InChI is InChI=1S/C15H20FN/c1-2-4-15(12-7-9-17-10-8-12)13-5-3-6-14(16)11-13/h3-6,11-12,17H,2,7-10H2,1H3/b15-4-. The maximum Gasteiger partial charge on any atom is 0.123 e. The lowest BCUT2D eigenvalue weighted by Crippen LogP contribution is -2.28. The summed E-state index contributed by atoms with van der Waals surface area (Å²) < 4.78 is 13.3. The monoisotopic (exact) mass is 233 g/mol. The number of allylic oxidation sites excluding steroid dienone is 2. The van der Waals surface area contributed by atoms with Gasteiger partial charge in [-0.1, -0.05) is 25.1 Å². The third kappa shape index (κ3) is 3.16. The first kappa shape index (κ1) is 12.3. The van der Waals surface area contributed by atoms with E-state index in [1.54, 1.807) is 12.1 Å². The van der Waals surface area contributed by atoms with Crippen LogP contribution in [0, 0.1) is 11.7 Å². The Kier molecular flexibility index (Phi) is 4.32. The first-order chi connectivity index (χ1) is 8.31. The number of hydrogen-bond donors (Lipinski definition) is 1. The van der Waals surface area contributed by atoms with E-state index in [9.17, 15) is 4.39 Å². The van der Waals surface area contributed by atoms with Gasteiger partial charge in [-0.15, -0.1) is 0 Å². The molecule has 2 rings (SSSR count). The van der Waals surface area contributed by atoms with E-state index in [2.05, 4.69) is 18.3 Å². The fourth-order valence-electron chi connectivity index (χ4n) is 2.54. The van der Waals surface area contributed by atoms with Gasteiger partial charge in [-0.25, -0.2) is 4.39 Å². The van der Waals surface area contributed by atoms with Crippen molar-refractivity contribution in [2.75, 3.05) is 13.1 Å². The van der Waals surface area contributed by atoms with Crippen LogP contribution in [-0.4, -0.2) is 13.1 Å². The molecule has 0 aliphatic carbocycles. The van der Waals surface area contributed by atoms with Crippen molar-refractivity contribution in [3.63, 3.8) is 0 Å². The number of halogens is 1. The minimum Gasteiger partial charge on any atom is -0.317 e. The van der Waals surface area contributed by atoms with Crippen LogP contribution in [0.1, 0.15) is 31.7 Å². The summed E-state index contributed by atoms with van der Waals surface area (Å²) in [7, 11) is 0. The van der Waals surface area contributed by atoms with Crippen LogP contribution >= 0.6 is 0 Å². The Morgan fingerprint density at radius 3 is 2.82 bits per heavy atom. The van der Waals surface area contributed by atoms with Crippen molar-refractivity contribution in [1.29, 1.82) is 0 Å². The predicted molar refractivity (Wildman–Crippen MR) is 70.3 cm³/mol. The van der Waals surface area contributed by atoms with Crippen LogP contribution in [0.15, 0.2) is 30.3 Å². The summed E-state index contributed by atoms with van der Waals surface area (Å²) in [4.78, 5) is 0. The summed E-state index contributed by atoms with van der Waals surface area (Å²) in [6, 6.07) is 6.99. The first-order valence-electron chi connectivity index (χ1n) is 6.48. The molecule has 0 spiro atoms. The summed E-state index contributed by atoms with van der Waals surface area (Å²) in [6.07, 6.45) is 5.57. The van der Waals surface area contributed by atoms with Gasteiger partial charge in [0.1, 0.15) is 5.82 Å². The van der Waals surface area contributed by atoms with Gasteiger partial charge in [-0.3, -0.25) is 0 Å². The van der Waals surface area contributed by atoms with Crippen LogP contribution < -0.4 is 5.32 Å². The third-order valence-electron chi connectivity index (χ3n) is 3.36. The van der Waals surface area contributed by atoms with Crippen molar-refractivity contribution in [2.24, 2.45) is 5.92 Å². The highest BCUT2D eigenvalue weighted by Crippen LogP contribution is 2.30. The molecule has 1 N–H and O–H groups in total. The lowest BCUT2D eigenvalue weighted by molar-refractivity contribution is 0.446. The Morgan fingerprint density at radius 2 is 2.18 bits per heavy atom. The Hall–Kier alpha value is -1.15. The highest BCUT2D eigenvalue weighted by atomic mass is 19.1. The quantitative estimate of drug-likeness (QED) is 0.840. The van der Waals surface area contributed by atoms with Crippen molar-refractivity contribution < 1.29 is 4.39 Å².